The zero-order valence-corrected chi connectivity index (χ0v) is 19.5. The van der Waals surface area contributed by atoms with Gasteiger partial charge in [0.25, 0.3) is 0 Å². The summed E-state index contributed by atoms with van der Waals surface area (Å²) in [5.74, 6) is 1.76. The molecule has 0 saturated heterocycles. The summed E-state index contributed by atoms with van der Waals surface area (Å²) in [5, 5.41) is 15.4. The van der Waals surface area contributed by atoms with Crippen molar-refractivity contribution in [2.24, 2.45) is 4.99 Å². The van der Waals surface area contributed by atoms with Gasteiger partial charge >= 0.3 is 0 Å². The van der Waals surface area contributed by atoms with Crippen molar-refractivity contribution in [3.8, 4) is 0 Å². The van der Waals surface area contributed by atoms with Gasteiger partial charge in [0.2, 0.25) is 0 Å². The number of rotatable bonds is 9. The SMILES string of the molecule is CCNC(=NCc1c(CC)noc1CC)NCCCn1nc(C)cc1C.I. The lowest BCUT2D eigenvalue weighted by Gasteiger charge is -2.12. The van der Waals surface area contributed by atoms with E-state index in [0.29, 0.717) is 6.54 Å². The Morgan fingerprint density at radius 2 is 1.96 bits per heavy atom. The molecular formula is C19H33IN6O. The van der Waals surface area contributed by atoms with Gasteiger partial charge in [-0.3, -0.25) is 4.68 Å². The number of aliphatic imine (C=N–C) groups is 1. The summed E-state index contributed by atoms with van der Waals surface area (Å²) in [6.45, 7) is 13.5. The van der Waals surface area contributed by atoms with Crippen LogP contribution in [0.2, 0.25) is 0 Å². The second-order valence-corrected chi connectivity index (χ2v) is 6.36. The van der Waals surface area contributed by atoms with Gasteiger partial charge in [0.05, 0.1) is 17.9 Å². The monoisotopic (exact) mass is 488 g/mol. The van der Waals surface area contributed by atoms with E-state index in [1.165, 1.54) is 5.69 Å². The first kappa shape index (κ1) is 23.5. The second-order valence-electron chi connectivity index (χ2n) is 6.36. The van der Waals surface area contributed by atoms with Crippen LogP contribution in [0.1, 0.15) is 55.6 Å². The van der Waals surface area contributed by atoms with Gasteiger partial charge in [0, 0.05) is 37.3 Å². The van der Waals surface area contributed by atoms with Gasteiger partial charge in [-0.2, -0.15) is 5.10 Å². The van der Waals surface area contributed by atoms with Crippen LogP contribution in [0.15, 0.2) is 15.6 Å². The third-order valence-corrected chi connectivity index (χ3v) is 4.29. The first-order valence-corrected chi connectivity index (χ1v) is 9.58. The minimum absolute atomic E-state index is 0. The number of hydrogen-bond acceptors (Lipinski definition) is 4. The van der Waals surface area contributed by atoms with Crippen LogP contribution in [-0.4, -0.2) is 34.0 Å². The summed E-state index contributed by atoms with van der Waals surface area (Å²) in [6, 6.07) is 2.11. The summed E-state index contributed by atoms with van der Waals surface area (Å²) in [7, 11) is 0. The zero-order valence-electron chi connectivity index (χ0n) is 17.1. The minimum atomic E-state index is 0. The van der Waals surface area contributed by atoms with Crippen molar-refractivity contribution in [3.63, 3.8) is 0 Å². The summed E-state index contributed by atoms with van der Waals surface area (Å²) >= 11 is 0. The van der Waals surface area contributed by atoms with E-state index in [4.69, 9.17) is 9.52 Å². The van der Waals surface area contributed by atoms with Crippen LogP contribution in [0.3, 0.4) is 0 Å². The molecule has 7 nitrogen and oxygen atoms in total. The van der Waals surface area contributed by atoms with E-state index in [9.17, 15) is 0 Å². The van der Waals surface area contributed by atoms with Crippen molar-refractivity contribution in [1.29, 1.82) is 0 Å². The maximum atomic E-state index is 5.42. The molecule has 2 rings (SSSR count). The Morgan fingerprint density at radius 1 is 1.19 bits per heavy atom. The molecule has 0 aliphatic rings. The molecule has 0 aliphatic carbocycles. The molecular weight excluding hydrogens is 455 g/mol. The first-order chi connectivity index (χ1) is 12.6. The second kappa shape index (κ2) is 12.0. The first-order valence-electron chi connectivity index (χ1n) is 9.58. The summed E-state index contributed by atoms with van der Waals surface area (Å²) in [6.07, 6.45) is 2.69. The molecule has 0 atom stereocenters. The number of nitrogens with zero attached hydrogens (tertiary/aromatic N) is 4. The summed E-state index contributed by atoms with van der Waals surface area (Å²) in [4.78, 5) is 4.71. The van der Waals surface area contributed by atoms with E-state index >= 15 is 0 Å². The van der Waals surface area contributed by atoms with Crippen molar-refractivity contribution in [3.05, 3.63) is 34.5 Å². The third-order valence-electron chi connectivity index (χ3n) is 4.29. The highest BCUT2D eigenvalue weighted by molar-refractivity contribution is 14.0. The van der Waals surface area contributed by atoms with Crippen molar-refractivity contribution in [2.45, 2.75) is 67.0 Å². The molecule has 2 heterocycles. The van der Waals surface area contributed by atoms with E-state index < -0.39 is 0 Å². The van der Waals surface area contributed by atoms with E-state index in [-0.39, 0.29) is 24.0 Å². The fourth-order valence-electron chi connectivity index (χ4n) is 2.95. The summed E-state index contributed by atoms with van der Waals surface area (Å²) in [5.41, 5.74) is 4.40. The number of nitrogens with one attached hydrogen (secondary N) is 2. The Kier molecular flexibility index (Phi) is 10.4. The average molecular weight is 488 g/mol. The number of aromatic nitrogens is 3. The average Bonchev–Trinajstić information content (AvgIpc) is 3.17. The van der Waals surface area contributed by atoms with Gasteiger partial charge in [-0.25, -0.2) is 4.99 Å². The molecule has 0 spiro atoms. The van der Waals surface area contributed by atoms with Crippen LogP contribution in [0.25, 0.3) is 0 Å². The van der Waals surface area contributed by atoms with Gasteiger partial charge in [0.15, 0.2) is 5.96 Å². The van der Waals surface area contributed by atoms with Crippen LogP contribution in [0, 0.1) is 13.8 Å². The van der Waals surface area contributed by atoms with Gasteiger partial charge in [-0.15, -0.1) is 24.0 Å². The fraction of sp³-hybridized carbons (Fsp3) is 0.632. The van der Waals surface area contributed by atoms with Crippen molar-refractivity contribution in [1.82, 2.24) is 25.6 Å². The number of hydrogen-bond donors (Lipinski definition) is 2. The molecule has 0 unspecified atom stereocenters. The maximum absolute atomic E-state index is 5.42. The largest absolute Gasteiger partial charge is 0.361 e. The Labute approximate surface area is 179 Å². The standard InChI is InChI=1S/C19H32N6O.HI/c1-6-17-16(18(7-2)26-24-17)13-22-19(20-8-3)21-10-9-11-25-15(5)12-14(4)23-25;/h12H,6-11,13H2,1-5H3,(H2,20,21,22);1H. The van der Waals surface area contributed by atoms with Crippen LogP contribution in [-0.2, 0) is 25.9 Å². The molecule has 2 aromatic rings. The topological polar surface area (TPSA) is 80.3 Å². The van der Waals surface area contributed by atoms with Crippen LogP contribution in [0.4, 0.5) is 0 Å². The third kappa shape index (κ3) is 6.82. The molecule has 152 valence electrons. The van der Waals surface area contributed by atoms with Gasteiger partial charge in [-0.05, 0) is 39.7 Å². The highest BCUT2D eigenvalue weighted by atomic mass is 127. The Bertz CT molecular complexity index is 700. The molecule has 0 radical (unpaired) electrons. The highest BCUT2D eigenvalue weighted by Gasteiger charge is 2.13. The quantitative estimate of drug-likeness (QED) is 0.245. The van der Waals surface area contributed by atoms with Crippen molar-refractivity contribution in [2.75, 3.05) is 13.1 Å². The molecule has 0 saturated carbocycles. The van der Waals surface area contributed by atoms with E-state index in [2.05, 4.69) is 59.3 Å². The van der Waals surface area contributed by atoms with E-state index in [1.54, 1.807) is 0 Å². The normalized spacial score (nSPS) is 11.4. The molecule has 0 bridgehead atoms. The smallest absolute Gasteiger partial charge is 0.191 e. The minimum Gasteiger partial charge on any atom is -0.361 e. The lowest BCUT2D eigenvalue weighted by Crippen LogP contribution is -2.38. The molecule has 27 heavy (non-hydrogen) atoms. The van der Waals surface area contributed by atoms with Crippen LogP contribution < -0.4 is 10.6 Å². The van der Waals surface area contributed by atoms with Crippen molar-refractivity contribution < 1.29 is 4.52 Å². The molecule has 0 amide bonds. The van der Waals surface area contributed by atoms with Crippen LogP contribution >= 0.6 is 24.0 Å². The maximum Gasteiger partial charge on any atom is 0.191 e. The van der Waals surface area contributed by atoms with Gasteiger partial charge in [0.1, 0.15) is 5.76 Å². The molecule has 0 aromatic carbocycles. The molecule has 0 aliphatic heterocycles. The number of halogens is 1. The number of aryl methyl sites for hydroxylation is 5. The molecule has 0 fully saturated rings. The van der Waals surface area contributed by atoms with Gasteiger partial charge in [-0.1, -0.05) is 19.0 Å². The lowest BCUT2D eigenvalue weighted by molar-refractivity contribution is 0.380. The Hall–Kier alpha value is -1.58. The van der Waals surface area contributed by atoms with E-state index in [1.807, 2.05) is 6.92 Å². The van der Waals surface area contributed by atoms with E-state index in [0.717, 1.165) is 67.6 Å². The predicted octanol–water partition coefficient (Wildman–Crippen LogP) is 3.38. The molecule has 2 N–H and O–H groups in total. The summed E-state index contributed by atoms with van der Waals surface area (Å²) < 4.78 is 7.47. The highest BCUT2D eigenvalue weighted by Crippen LogP contribution is 2.16. The van der Waals surface area contributed by atoms with Crippen molar-refractivity contribution >= 4 is 29.9 Å². The molecule has 2 aromatic heterocycles. The Morgan fingerprint density at radius 3 is 2.56 bits per heavy atom. The molecule has 8 heteroatoms. The fourth-order valence-corrected chi connectivity index (χ4v) is 2.95. The lowest BCUT2D eigenvalue weighted by atomic mass is 10.1. The Balaban J connectivity index is 0.00000364. The number of guanidine groups is 1. The van der Waals surface area contributed by atoms with Crippen LogP contribution in [0.5, 0.6) is 0 Å². The zero-order chi connectivity index (χ0) is 18.9. The van der Waals surface area contributed by atoms with Gasteiger partial charge < -0.3 is 15.2 Å². The predicted molar refractivity (Wildman–Crippen MR) is 120 cm³/mol.